The summed E-state index contributed by atoms with van der Waals surface area (Å²) < 4.78 is 27.2. The van der Waals surface area contributed by atoms with Crippen LogP contribution in [0.5, 0.6) is 0 Å². The Morgan fingerprint density at radius 3 is 2.38 bits per heavy atom. The van der Waals surface area contributed by atoms with Crippen LogP contribution in [0.1, 0.15) is 16.4 Å². The Morgan fingerprint density at radius 1 is 1.00 bits per heavy atom. The topological polar surface area (TPSA) is 39.1 Å². The average Bonchev–Trinajstić information content (AvgIpc) is 2.92. The number of rotatable bonds is 3. The van der Waals surface area contributed by atoms with E-state index in [9.17, 15) is 8.42 Å². The zero-order chi connectivity index (χ0) is 15.0. The highest BCUT2D eigenvalue weighted by atomic mass is 127. The van der Waals surface area contributed by atoms with Crippen LogP contribution in [0, 0.1) is 0 Å². The average molecular weight is 411 g/mol. The molecule has 2 aromatic carbocycles. The number of alkyl halides is 1. The molecule has 0 saturated carbocycles. The molecule has 0 aliphatic carbocycles. The van der Waals surface area contributed by atoms with Gasteiger partial charge in [0.1, 0.15) is 0 Å². The van der Waals surface area contributed by atoms with Gasteiger partial charge in [0.25, 0.3) is 10.0 Å². The second-order valence-electron chi connectivity index (χ2n) is 4.83. The summed E-state index contributed by atoms with van der Waals surface area (Å²) in [4.78, 5) is 0.301. The van der Waals surface area contributed by atoms with Crippen LogP contribution >= 0.6 is 22.6 Å². The van der Waals surface area contributed by atoms with Crippen molar-refractivity contribution >= 4 is 43.5 Å². The summed E-state index contributed by atoms with van der Waals surface area (Å²) in [6, 6.07) is 16.2. The van der Waals surface area contributed by atoms with Gasteiger partial charge in [0.2, 0.25) is 0 Å². The van der Waals surface area contributed by atoms with Crippen LogP contribution in [0.3, 0.4) is 0 Å². The summed E-state index contributed by atoms with van der Waals surface area (Å²) >= 11 is 2.34. The molecule has 3 nitrogen and oxygen atoms in total. The molecular formula is C16H14INO2S. The minimum atomic E-state index is -3.55. The van der Waals surface area contributed by atoms with Crippen LogP contribution in [0.15, 0.2) is 65.7 Å². The molecule has 0 spiro atoms. The fourth-order valence-electron chi connectivity index (χ4n) is 2.43. The minimum Gasteiger partial charge on any atom is -0.241 e. The van der Waals surface area contributed by atoms with E-state index in [1.165, 1.54) is 3.97 Å². The molecule has 108 valence electrons. The van der Waals surface area contributed by atoms with Gasteiger partial charge in [-0.25, -0.2) is 12.4 Å². The molecule has 1 heterocycles. The molecule has 0 fully saturated rings. The van der Waals surface area contributed by atoms with Crippen molar-refractivity contribution in [3.8, 4) is 0 Å². The second-order valence-corrected chi connectivity index (χ2v) is 8.51. The van der Waals surface area contributed by atoms with Crippen molar-refractivity contribution in [2.24, 2.45) is 0 Å². The Labute approximate surface area is 137 Å². The van der Waals surface area contributed by atoms with Gasteiger partial charge in [0.15, 0.2) is 0 Å². The van der Waals surface area contributed by atoms with Crippen LogP contribution in [-0.4, -0.2) is 12.4 Å². The lowest BCUT2D eigenvalue weighted by Gasteiger charge is -2.09. The summed E-state index contributed by atoms with van der Waals surface area (Å²) in [5, 5.41) is 0.985. The van der Waals surface area contributed by atoms with Crippen molar-refractivity contribution in [3.05, 3.63) is 66.4 Å². The molecule has 0 radical (unpaired) electrons. The number of hydrogen-bond donors (Lipinski definition) is 0. The maximum Gasteiger partial charge on any atom is 0.268 e. The minimum absolute atomic E-state index is 0.301. The molecule has 1 atom stereocenters. The zero-order valence-electron chi connectivity index (χ0n) is 11.4. The number of benzene rings is 2. The Morgan fingerprint density at radius 2 is 1.71 bits per heavy atom. The predicted molar refractivity (Wildman–Crippen MR) is 93.4 cm³/mol. The Bertz CT molecular complexity index is 883. The zero-order valence-corrected chi connectivity index (χ0v) is 14.4. The Kier molecular flexibility index (Phi) is 3.79. The van der Waals surface area contributed by atoms with Crippen LogP contribution in [0.2, 0.25) is 0 Å². The predicted octanol–water partition coefficient (Wildman–Crippen LogP) is 4.37. The van der Waals surface area contributed by atoms with Gasteiger partial charge in [-0.15, -0.1) is 0 Å². The van der Waals surface area contributed by atoms with Gasteiger partial charge in [0.05, 0.1) is 10.4 Å². The fraction of sp³-hybridized carbons (Fsp3) is 0.125. The smallest absolute Gasteiger partial charge is 0.241 e. The Balaban J connectivity index is 2.25. The normalized spacial score (nSPS) is 13.4. The first kappa shape index (κ1) is 14.6. The number of nitrogens with zero attached hydrogens (tertiary/aromatic N) is 1. The van der Waals surface area contributed by atoms with Crippen LogP contribution in [0.4, 0.5) is 0 Å². The molecule has 5 heteroatoms. The van der Waals surface area contributed by atoms with E-state index in [0.717, 1.165) is 16.5 Å². The lowest BCUT2D eigenvalue weighted by molar-refractivity contribution is 0.589. The highest BCUT2D eigenvalue weighted by Gasteiger charge is 2.19. The van der Waals surface area contributed by atoms with Crippen molar-refractivity contribution in [2.75, 3.05) is 0 Å². The lowest BCUT2D eigenvalue weighted by atomic mass is 10.1. The maximum absolute atomic E-state index is 12.8. The number of aromatic nitrogens is 1. The van der Waals surface area contributed by atoms with Crippen molar-refractivity contribution in [3.63, 3.8) is 0 Å². The van der Waals surface area contributed by atoms with E-state index in [1.807, 2.05) is 30.3 Å². The van der Waals surface area contributed by atoms with Crippen molar-refractivity contribution in [1.82, 2.24) is 3.97 Å². The second kappa shape index (κ2) is 5.46. The summed E-state index contributed by atoms with van der Waals surface area (Å²) in [6.07, 6.45) is 1.63. The molecule has 0 aliphatic heterocycles. The molecule has 1 aromatic heterocycles. The number of fused-ring (bicyclic) bond motifs is 1. The molecule has 0 saturated heterocycles. The van der Waals surface area contributed by atoms with Gasteiger partial charge in [-0.05, 0) is 36.8 Å². The number of halogens is 1. The van der Waals surface area contributed by atoms with Crippen molar-refractivity contribution in [2.45, 2.75) is 15.7 Å². The molecule has 3 rings (SSSR count). The van der Waals surface area contributed by atoms with Gasteiger partial charge in [-0.1, -0.05) is 52.9 Å². The summed E-state index contributed by atoms with van der Waals surface area (Å²) in [7, 11) is -3.55. The van der Waals surface area contributed by atoms with Crippen molar-refractivity contribution in [1.29, 1.82) is 0 Å². The van der Waals surface area contributed by atoms with E-state index < -0.39 is 10.0 Å². The first-order valence-corrected chi connectivity index (χ1v) is 9.25. The largest absolute Gasteiger partial charge is 0.268 e. The van der Waals surface area contributed by atoms with E-state index >= 15 is 0 Å². The van der Waals surface area contributed by atoms with Gasteiger partial charge in [-0.2, -0.15) is 0 Å². The van der Waals surface area contributed by atoms with Gasteiger partial charge >= 0.3 is 0 Å². The quantitative estimate of drug-likeness (QED) is 0.474. The SMILES string of the molecule is CC(I)c1cccc2c1ccn2S(=O)(=O)c1ccccc1. The van der Waals surface area contributed by atoms with Gasteiger partial charge in [0, 0.05) is 15.5 Å². The van der Waals surface area contributed by atoms with E-state index in [-0.39, 0.29) is 0 Å². The molecule has 0 amide bonds. The third-order valence-electron chi connectivity index (χ3n) is 3.46. The van der Waals surface area contributed by atoms with E-state index in [2.05, 4.69) is 29.5 Å². The first-order valence-electron chi connectivity index (χ1n) is 6.56. The standard InChI is InChI=1S/C16H14INO2S/c1-12(17)14-8-5-9-16-15(14)10-11-18(16)21(19,20)13-6-3-2-4-7-13/h2-12H,1H3. The van der Waals surface area contributed by atoms with E-state index in [4.69, 9.17) is 0 Å². The summed E-state index contributed by atoms with van der Waals surface area (Å²) in [5.41, 5.74) is 1.87. The third kappa shape index (κ3) is 2.48. The summed E-state index contributed by atoms with van der Waals surface area (Å²) in [6.45, 7) is 2.10. The molecule has 0 bridgehead atoms. The Hall–Kier alpha value is -1.34. The third-order valence-corrected chi connectivity index (χ3v) is 5.83. The number of hydrogen-bond acceptors (Lipinski definition) is 2. The summed E-state index contributed by atoms with van der Waals surface area (Å²) in [5.74, 6) is 0. The lowest BCUT2D eigenvalue weighted by Crippen LogP contribution is -2.11. The molecule has 21 heavy (non-hydrogen) atoms. The highest BCUT2D eigenvalue weighted by molar-refractivity contribution is 14.1. The van der Waals surface area contributed by atoms with Crippen LogP contribution in [0.25, 0.3) is 10.9 Å². The first-order chi connectivity index (χ1) is 10.0. The monoisotopic (exact) mass is 411 g/mol. The molecule has 3 aromatic rings. The highest BCUT2D eigenvalue weighted by Crippen LogP contribution is 2.31. The van der Waals surface area contributed by atoms with Crippen LogP contribution in [-0.2, 0) is 10.0 Å². The van der Waals surface area contributed by atoms with E-state index in [0.29, 0.717) is 8.82 Å². The molecule has 0 aliphatic rings. The molecule has 0 N–H and O–H groups in total. The molecular weight excluding hydrogens is 397 g/mol. The van der Waals surface area contributed by atoms with Crippen LogP contribution < -0.4 is 0 Å². The van der Waals surface area contributed by atoms with Gasteiger partial charge in [-0.3, -0.25) is 0 Å². The fourth-order valence-corrected chi connectivity index (χ4v) is 4.34. The van der Waals surface area contributed by atoms with Gasteiger partial charge < -0.3 is 0 Å². The van der Waals surface area contributed by atoms with Crippen molar-refractivity contribution < 1.29 is 8.42 Å². The maximum atomic E-state index is 12.8. The van der Waals surface area contributed by atoms with E-state index in [1.54, 1.807) is 30.5 Å². The molecule has 1 unspecified atom stereocenters.